The predicted molar refractivity (Wildman–Crippen MR) is 74.4 cm³/mol. The molecule has 2 heterocycles. The Morgan fingerprint density at radius 2 is 1.95 bits per heavy atom. The molecule has 0 radical (unpaired) electrons. The van der Waals surface area contributed by atoms with Crippen LogP contribution in [-0.4, -0.2) is 14.4 Å². The summed E-state index contributed by atoms with van der Waals surface area (Å²) < 4.78 is 15.5. The first-order chi connectivity index (χ1) is 9.22. The average molecular weight is 321 g/mol. The first kappa shape index (κ1) is 12.1. The molecule has 0 bridgehead atoms. The molecule has 0 fully saturated rings. The molecule has 96 valence electrons. The highest BCUT2D eigenvalue weighted by molar-refractivity contribution is 9.10. The molecule has 0 spiro atoms. The number of hydrogen-bond acceptors (Lipinski definition) is 3. The summed E-state index contributed by atoms with van der Waals surface area (Å²) >= 11 is 3.33. The lowest BCUT2D eigenvalue weighted by atomic mass is 10.3. The van der Waals surface area contributed by atoms with Crippen LogP contribution >= 0.6 is 15.9 Å². The summed E-state index contributed by atoms with van der Waals surface area (Å²) in [4.78, 5) is 8.39. The number of hydrogen-bond donors (Lipinski definition) is 1. The van der Waals surface area contributed by atoms with Gasteiger partial charge in [0.15, 0.2) is 5.65 Å². The number of rotatable bonds is 3. The summed E-state index contributed by atoms with van der Waals surface area (Å²) in [7, 11) is 0. The third kappa shape index (κ3) is 2.58. The highest BCUT2D eigenvalue weighted by atomic mass is 79.9. The Balaban J connectivity index is 1.81. The molecular formula is C13H10BrFN4. The molecule has 0 aliphatic heterocycles. The normalized spacial score (nSPS) is 10.8. The summed E-state index contributed by atoms with van der Waals surface area (Å²) in [5.41, 5.74) is 2.66. The van der Waals surface area contributed by atoms with E-state index in [2.05, 4.69) is 31.2 Å². The standard InChI is InChI=1S/C13H10BrFN4/c14-12-8-19-11(6-18-13(19)7-17-12)5-16-10-3-1-9(15)2-4-10/h1-4,6-8,16H,5H2. The first-order valence-electron chi connectivity index (χ1n) is 5.69. The summed E-state index contributed by atoms with van der Waals surface area (Å²) in [6.45, 7) is 0.600. The van der Waals surface area contributed by atoms with Gasteiger partial charge in [-0.3, -0.25) is 4.40 Å². The van der Waals surface area contributed by atoms with Crippen LogP contribution in [0.3, 0.4) is 0 Å². The molecular weight excluding hydrogens is 311 g/mol. The molecule has 0 aliphatic carbocycles. The van der Waals surface area contributed by atoms with Gasteiger partial charge in [0.05, 0.1) is 24.6 Å². The topological polar surface area (TPSA) is 42.2 Å². The highest BCUT2D eigenvalue weighted by Crippen LogP contribution is 2.13. The van der Waals surface area contributed by atoms with Gasteiger partial charge in [0.25, 0.3) is 0 Å². The second kappa shape index (κ2) is 4.97. The van der Waals surface area contributed by atoms with Gasteiger partial charge in [-0.2, -0.15) is 0 Å². The molecule has 0 aliphatic rings. The van der Waals surface area contributed by atoms with Crippen molar-refractivity contribution < 1.29 is 4.39 Å². The van der Waals surface area contributed by atoms with Crippen LogP contribution in [0.2, 0.25) is 0 Å². The molecule has 4 nitrogen and oxygen atoms in total. The molecule has 0 saturated heterocycles. The molecule has 19 heavy (non-hydrogen) atoms. The zero-order valence-electron chi connectivity index (χ0n) is 9.85. The molecule has 0 unspecified atom stereocenters. The minimum Gasteiger partial charge on any atom is -0.379 e. The first-order valence-corrected chi connectivity index (χ1v) is 6.48. The Morgan fingerprint density at radius 1 is 1.16 bits per heavy atom. The van der Waals surface area contributed by atoms with Crippen molar-refractivity contribution in [2.24, 2.45) is 0 Å². The van der Waals surface area contributed by atoms with Crippen molar-refractivity contribution in [2.75, 3.05) is 5.32 Å². The lowest BCUT2D eigenvalue weighted by Crippen LogP contribution is -2.02. The van der Waals surface area contributed by atoms with Crippen molar-refractivity contribution in [3.05, 3.63) is 59.0 Å². The number of benzene rings is 1. The van der Waals surface area contributed by atoms with E-state index in [0.717, 1.165) is 21.6 Å². The van der Waals surface area contributed by atoms with Crippen LogP contribution in [-0.2, 0) is 6.54 Å². The van der Waals surface area contributed by atoms with Crippen molar-refractivity contribution in [1.82, 2.24) is 14.4 Å². The third-order valence-electron chi connectivity index (χ3n) is 2.76. The molecule has 3 rings (SSSR count). The van der Waals surface area contributed by atoms with Crippen molar-refractivity contribution in [1.29, 1.82) is 0 Å². The van der Waals surface area contributed by atoms with E-state index < -0.39 is 0 Å². The maximum Gasteiger partial charge on any atom is 0.155 e. The van der Waals surface area contributed by atoms with Gasteiger partial charge in [-0.1, -0.05) is 0 Å². The molecule has 6 heteroatoms. The van der Waals surface area contributed by atoms with E-state index in [0.29, 0.717) is 6.54 Å². The van der Waals surface area contributed by atoms with Crippen LogP contribution in [0, 0.1) is 5.82 Å². The number of imidazole rings is 1. The van der Waals surface area contributed by atoms with E-state index >= 15 is 0 Å². The maximum atomic E-state index is 12.8. The zero-order chi connectivity index (χ0) is 13.2. The largest absolute Gasteiger partial charge is 0.379 e. The van der Waals surface area contributed by atoms with Crippen LogP contribution in [0.1, 0.15) is 5.69 Å². The number of nitrogens with zero attached hydrogens (tertiary/aromatic N) is 3. The van der Waals surface area contributed by atoms with E-state index in [4.69, 9.17) is 0 Å². The van der Waals surface area contributed by atoms with E-state index in [1.165, 1.54) is 12.1 Å². The smallest absolute Gasteiger partial charge is 0.155 e. The number of aromatic nitrogens is 3. The van der Waals surface area contributed by atoms with Crippen LogP contribution in [0.4, 0.5) is 10.1 Å². The van der Waals surface area contributed by atoms with E-state index in [1.807, 2.05) is 10.6 Å². The summed E-state index contributed by atoms with van der Waals surface area (Å²) in [5.74, 6) is -0.240. The van der Waals surface area contributed by atoms with Crippen molar-refractivity contribution in [3.63, 3.8) is 0 Å². The summed E-state index contributed by atoms with van der Waals surface area (Å²) in [5, 5.41) is 3.22. The van der Waals surface area contributed by atoms with E-state index in [-0.39, 0.29) is 5.82 Å². The van der Waals surface area contributed by atoms with E-state index in [9.17, 15) is 4.39 Å². The SMILES string of the molecule is Fc1ccc(NCc2cnc3cnc(Br)cn23)cc1. The minimum atomic E-state index is -0.240. The Labute approximate surface area is 117 Å². The van der Waals surface area contributed by atoms with E-state index in [1.54, 1.807) is 24.5 Å². The third-order valence-corrected chi connectivity index (χ3v) is 3.17. The fraction of sp³-hybridized carbons (Fsp3) is 0.0769. The van der Waals surface area contributed by atoms with Crippen molar-refractivity contribution >= 4 is 27.3 Å². The predicted octanol–water partition coefficient (Wildman–Crippen LogP) is 3.24. The fourth-order valence-electron chi connectivity index (χ4n) is 1.81. The van der Waals surface area contributed by atoms with Gasteiger partial charge in [0, 0.05) is 11.9 Å². The lowest BCUT2D eigenvalue weighted by Gasteiger charge is -2.06. The lowest BCUT2D eigenvalue weighted by molar-refractivity contribution is 0.628. The molecule has 0 saturated carbocycles. The Morgan fingerprint density at radius 3 is 2.74 bits per heavy atom. The monoisotopic (exact) mass is 320 g/mol. The van der Waals surface area contributed by atoms with Crippen LogP contribution in [0.15, 0.2) is 47.5 Å². The van der Waals surface area contributed by atoms with Gasteiger partial charge in [-0.25, -0.2) is 14.4 Å². The summed E-state index contributed by atoms with van der Waals surface area (Å²) in [6.07, 6.45) is 5.36. The van der Waals surface area contributed by atoms with Gasteiger partial charge in [-0.15, -0.1) is 0 Å². The summed E-state index contributed by atoms with van der Waals surface area (Å²) in [6, 6.07) is 6.26. The van der Waals surface area contributed by atoms with Crippen LogP contribution in [0.25, 0.3) is 5.65 Å². The number of halogens is 2. The average Bonchev–Trinajstić information content (AvgIpc) is 2.80. The second-order valence-corrected chi connectivity index (χ2v) is 4.86. The van der Waals surface area contributed by atoms with Gasteiger partial charge in [0.1, 0.15) is 10.4 Å². The van der Waals surface area contributed by atoms with Crippen molar-refractivity contribution in [3.8, 4) is 0 Å². The van der Waals surface area contributed by atoms with Crippen LogP contribution in [0.5, 0.6) is 0 Å². The highest BCUT2D eigenvalue weighted by Gasteiger charge is 2.04. The Hall–Kier alpha value is -1.95. The van der Waals surface area contributed by atoms with Crippen LogP contribution < -0.4 is 5.32 Å². The number of nitrogens with one attached hydrogen (secondary N) is 1. The Bertz CT molecular complexity index is 708. The van der Waals surface area contributed by atoms with Gasteiger partial charge < -0.3 is 5.32 Å². The number of anilines is 1. The molecule has 0 amide bonds. The minimum absolute atomic E-state index is 0.240. The van der Waals surface area contributed by atoms with Gasteiger partial charge in [-0.05, 0) is 40.2 Å². The zero-order valence-corrected chi connectivity index (χ0v) is 11.4. The Kier molecular flexibility index (Phi) is 3.16. The molecule has 1 N–H and O–H groups in total. The van der Waals surface area contributed by atoms with Gasteiger partial charge >= 0.3 is 0 Å². The maximum absolute atomic E-state index is 12.8. The molecule has 3 aromatic rings. The molecule has 1 aromatic carbocycles. The molecule has 2 aromatic heterocycles. The van der Waals surface area contributed by atoms with Gasteiger partial charge in [0.2, 0.25) is 0 Å². The quantitative estimate of drug-likeness (QED) is 0.805. The fourth-order valence-corrected chi connectivity index (χ4v) is 2.11. The number of fused-ring (bicyclic) bond motifs is 1. The molecule has 0 atom stereocenters. The second-order valence-electron chi connectivity index (χ2n) is 4.05. The van der Waals surface area contributed by atoms with Crippen molar-refractivity contribution in [2.45, 2.75) is 6.54 Å².